The van der Waals surface area contributed by atoms with Gasteiger partial charge in [-0.1, -0.05) is 11.8 Å². The molecule has 7 nitrogen and oxygen atoms in total. The minimum absolute atomic E-state index is 0.0407. The van der Waals surface area contributed by atoms with Crippen LogP contribution in [0.1, 0.15) is 24.2 Å². The van der Waals surface area contributed by atoms with Gasteiger partial charge >= 0.3 is 0 Å². The Morgan fingerprint density at radius 3 is 2.36 bits per heavy atom. The number of nitrogens with two attached hydrogens (primary N) is 1. The first-order valence-electron chi connectivity index (χ1n) is 8.40. The molecule has 0 aliphatic heterocycles. The van der Waals surface area contributed by atoms with E-state index in [4.69, 9.17) is 5.84 Å². The normalized spacial score (nSPS) is 11.8. The molecule has 1 heterocycles. The van der Waals surface area contributed by atoms with Crippen LogP contribution in [0.4, 0.5) is 10.1 Å². The number of benzene rings is 2. The monoisotopic (exact) mass is 399 g/mol. The van der Waals surface area contributed by atoms with Crippen molar-refractivity contribution in [2.75, 3.05) is 11.2 Å². The number of halogens is 1. The van der Waals surface area contributed by atoms with E-state index < -0.39 is 5.25 Å². The summed E-state index contributed by atoms with van der Waals surface area (Å²) < 4.78 is 14.3. The Morgan fingerprint density at radius 2 is 1.75 bits per heavy atom. The summed E-state index contributed by atoms with van der Waals surface area (Å²) in [4.78, 5) is 23.7. The minimum Gasteiger partial charge on any atom is -0.335 e. The molecule has 1 amide bonds. The molecule has 0 aliphatic rings. The first kappa shape index (κ1) is 19.6. The maximum atomic E-state index is 13.1. The first-order chi connectivity index (χ1) is 13.3. The molecule has 0 radical (unpaired) electrons. The zero-order valence-corrected chi connectivity index (χ0v) is 16.0. The topological polar surface area (TPSA) is 103 Å². The molecule has 9 heteroatoms. The second-order valence-corrected chi connectivity index (χ2v) is 7.37. The maximum Gasteiger partial charge on any atom is 0.237 e. The van der Waals surface area contributed by atoms with Crippen LogP contribution in [0, 0.1) is 5.82 Å². The van der Waals surface area contributed by atoms with Gasteiger partial charge in [0, 0.05) is 16.8 Å². The molecular weight excluding hydrogens is 381 g/mol. The molecule has 1 atom stereocenters. The highest BCUT2D eigenvalue weighted by molar-refractivity contribution is 8.00. The predicted octanol–water partition coefficient (Wildman–Crippen LogP) is 3.12. The van der Waals surface area contributed by atoms with Crippen molar-refractivity contribution < 1.29 is 14.0 Å². The SMILES string of the molecule is CC(=O)c1ccc(NC(=O)C(C)Sc2nnc(-c3ccc(F)cc3)n2N)cc1. The number of nitrogens with one attached hydrogen (secondary N) is 1. The number of carbonyl (C=O) groups is 2. The van der Waals surface area contributed by atoms with Crippen molar-refractivity contribution in [1.29, 1.82) is 0 Å². The van der Waals surface area contributed by atoms with Crippen LogP contribution in [0.25, 0.3) is 11.4 Å². The van der Waals surface area contributed by atoms with Crippen LogP contribution in [-0.2, 0) is 4.79 Å². The number of carbonyl (C=O) groups excluding carboxylic acids is 2. The van der Waals surface area contributed by atoms with E-state index in [9.17, 15) is 14.0 Å². The summed E-state index contributed by atoms with van der Waals surface area (Å²) in [5.74, 6) is 5.76. The summed E-state index contributed by atoms with van der Waals surface area (Å²) in [7, 11) is 0. The van der Waals surface area contributed by atoms with Crippen LogP contribution >= 0.6 is 11.8 Å². The number of thioether (sulfide) groups is 1. The number of nitrogen functional groups attached to an aromatic ring is 1. The highest BCUT2D eigenvalue weighted by Crippen LogP contribution is 2.25. The van der Waals surface area contributed by atoms with E-state index in [1.807, 2.05) is 0 Å². The van der Waals surface area contributed by atoms with E-state index in [1.165, 1.54) is 23.7 Å². The van der Waals surface area contributed by atoms with Crippen molar-refractivity contribution in [3.05, 3.63) is 59.9 Å². The van der Waals surface area contributed by atoms with Gasteiger partial charge in [0.2, 0.25) is 11.1 Å². The number of ketones is 1. The molecule has 144 valence electrons. The van der Waals surface area contributed by atoms with Crippen molar-refractivity contribution in [2.45, 2.75) is 24.3 Å². The lowest BCUT2D eigenvalue weighted by atomic mass is 10.1. The molecule has 0 bridgehead atoms. The van der Waals surface area contributed by atoms with Gasteiger partial charge in [-0.2, -0.15) is 0 Å². The zero-order valence-electron chi connectivity index (χ0n) is 15.2. The van der Waals surface area contributed by atoms with E-state index in [1.54, 1.807) is 43.3 Å². The van der Waals surface area contributed by atoms with Crippen molar-refractivity contribution in [3.63, 3.8) is 0 Å². The van der Waals surface area contributed by atoms with Crippen LogP contribution in [0.3, 0.4) is 0 Å². The molecule has 0 fully saturated rings. The van der Waals surface area contributed by atoms with Crippen LogP contribution in [0.5, 0.6) is 0 Å². The lowest BCUT2D eigenvalue weighted by Crippen LogP contribution is -2.23. The third kappa shape index (κ3) is 4.37. The Labute approximate surface area is 165 Å². The third-order valence-corrected chi connectivity index (χ3v) is 5.03. The maximum absolute atomic E-state index is 13.1. The lowest BCUT2D eigenvalue weighted by molar-refractivity contribution is -0.115. The van der Waals surface area contributed by atoms with Gasteiger partial charge in [0.05, 0.1) is 5.25 Å². The predicted molar refractivity (Wildman–Crippen MR) is 106 cm³/mol. The van der Waals surface area contributed by atoms with Crippen molar-refractivity contribution >= 4 is 29.1 Å². The van der Waals surface area contributed by atoms with Crippen LogP contribution in [0.15, 0.2) is 53.7 Å². The lowest BCUT2D eigenvalue weighted by Gasteiger charge is -2.12. The molecule has 0 aliphatic carbocycles. The zero-order chi connectivity index (χ0) is 20.3. The van der Waals surface area contributed by atoms with Gasteiger partial charge in [-0.3, -0.25) is 9.59 Å². The van der Waals surface area contributed by atoms with Crippen LogP contribution in [0.2, 0.25) is 0 Å². The van der Waals surface area contributed by atoms with Gasteiger partial charge < -0.3 is 11.2 Å². The number of hydrogen-bond donors (Lipinski definition) is 2. The third-order valence-electron chi connectivity index (χ3n) is 3.98. The number of amides is 1. The fraction of sp³-hybridized carbons (Fsp3) is 0.158. The first-order valence-corrected chi connectivity index (χ1v) is 9.28. The molecule has 1 aromatic heterocycles. The summed E-state index contributed by atoms with van der Waals surface area (Å²) in [6.07, 6.45) is 0. The van der Waals surface area contributed by atoms with E-state index in [-0.39, 0.29) is 17.5 Å². The highest BCUT2D eigenvalue weighted by atomic mass is 32.2. The molecule has 1 unspecified atom stereocenters. The van der Waals surface area contributed by atoms with Crippen LogP contribution in [-0.4, -0.2) is 31.8 Å². The highest BCUT2D eigenvalue weighted by Gasteiger charge is 2.20. The van der Waals surface area contributed by atoms with Gasteiger partial charge in [-0.15, -0.1) is 10.2 Å². The number of rotatable bonds is 6. The number of aromatic nitrogens is 3. The summed E-state index contributed by atoms with van der Waals surface area (Å²) in [6.45, 7) is 3.20. The van der Waals surface area contributed by atoms with Gasteiger partial charge in [0.25, 0.3) is 0 Å². The largest absolute Gasteiger partial charge is 0.335 e. The number of hydrogen-bond acceptors (Lipinski definition) is 6. The Kier molecular flexibility index (Phi) is 5.74. The molecule has 3 rings (SSSR count). The molecular formula is C19H18FN5O2S. The standard InChI is InChI=1S/C19H18FN5O2S/c1-11(26)13-5-9-16(10-6-13)22-18(27)12(2)28-19-24-23-17(25(19)21)14-3-7-15(20)8-4-14/h3-10,12H,21H2,1-2H3,(H,22,27). The van der Waals surface area contributed by atoms with E-state index in [0.29, 0.717) is 27.8 Å². The van der Waals surface area contributed by atoms with Gasteiger partial charge in [0.15, 0.2) is 11.6 Å². The second-order valence-electron chi connectivity index (χ2n) is 6.07. The molecule has 0 saturated heterocycles. The Bertz CT molecular complexity index is 1000. The van der Waals surface area contributed by atoms with E-state index in [0.717, 1.165) is 11.8 Å². The summed E-state index contributed by atoms with van der Waals surface area (Å²) in [5.41, 5.74) is 1.78. The molecule has 0 saturated carbocycles. The van der Waals surface area contributed by atoms with Crippen LogP contribution < -0.4 is 11.2 Å². The second kappa shape index (κ2) is 8.22. The molecule has 2 aromatic carbocycles. The minimum atomic E-state index is -0.500. The Hall–Kier alpha value is -3.20. The van der Waals surface area contributed by atoms with Gasteiger partial charge in [-0.25, -0.2) is 9.07 Å². The fourth-order valence-electron chi connectivity index (χ4n) is 2.40. The average molecular weight is 399 g/mol. The van der Waals surface area contributed by atoms with Crippen molar-refractivity contribution in [3.8, 4) is 11.4 Å². The molecule has 3 N–H and O–H groups in total. The summed E-state index contributed by atoms with van der Waals surface area (Å²) in [6, 6.07) is 12.4. The Morgan fingerprint density at radius 1 is 1.11 bits per heavy atom. The van der Waals surface area contributed by atoms with E-state index >= 15 is 0 Å². The quantitative estimate of drug-likeness (QED) is 0.375. The fourth-order valence-corrected chi connectivity index (χ4v) is 3.17. The molecule has 3 aromatic rings. The molecule has 0 spiro atoms. The Balaban J connectivity index is 1.67. The van der Waals surface area contributed by atoms with Crippen molar-refractivity contribution in [1.82, 2.24) is 14.9 Å². The summed E-state index contributed by atoms with van der Waals surface area (Å²) in [5, 5.41) is 10.7. The smallest absolute Gasteiger partial charge is 0.237 e. The van der Waals surface area contributed by atoms with Gasteiger partial charge in [-0.05, 0) is 62.4 Å². The number of Topliss-reactive ketones (excluding diaryl/α,β-unsaturated/α-hetero) is 1. The van der Waals surface area contributed by atoms with Gasteiger partial charge in [0.1, 0.15) is 5.82 Å². The van der Waals surface area contributed by atoms with E-state index in [2.05, 4.69) is 15.5 Å². The number of anilines is 1. The average Bonchev–Trinajstić information content (AvgIpc) is 3.03. The molecule has 28 heavy (non-hydrogen) atoms. The number of nitrogens with zero attached hydrogens (tertiary/aromatic N) is 3. The van der Waals surface area contributed by atoms with Crippen molar-refractivity contribution in [2.24, 2.45) is 0 Å². The summed E-state index contributed by atoms with van der Waals surface area (Å²) >= 11 is 1.15.